The molecule has 1 atom stereocenters. The van der Waals surface area contributed by atoms with E-state index in [-0.39, 0.29) is 17.2 Å². The van der Waals surface area contributed by atoms with E-state index in [2.05, 4.69) is 12.2 Å². The molecular formula is C29H28N2O4. The number of nitrogens with one attached hydrogen (secondary N) is 1. The van der Waals surface area contributed by atoms with Gasteiger partial charge in [-0.2, -0.15) is 0 Å². The monoisotopic (exact) mass is 468 g/mol. The van der Waals surface area contributed by atoms with Crippen molar-refractivity contribution in [2.75, 3.05) is 10.2 Å². The summed E-state index contributed by atoms with van der Waals surface area (Å²) in [5, 5.41) is 14.0. The van der Waals surface area contributed by atoms with Gasteiger partial charge in [0.25, 0.3) is 11.7 Å². The fraction of sp³-hybridized carbons (Fsp3) is 0.207. The van der Waals surface area contributed by atoms with Crippen LogP contribution in [-0.2, 0) is 20.8 Å². The molecule has 1 unspecified atom stereocenters. The van der Waals surface area contributed by atoms with Crippen molar-refractivity contribution in [3.8, 4) is 0 Å². The molecular weight excluding hydrogens is 440 g/mol. The van der Waals surface area contributed by atoms with Gasteiger partial charge in [-0.25, -0.2) is 0 Å². The van der Waals surface area contributed by atoms with E-state index >= 15 is 0 Å². The third kappa shape index (κ3) is 4.60. The van der Waals surface area contributed by atoms with Crippen LogP contribution in [-0.4, -0.2) is 22.7 Å². The molecule has 0 aliphatic carbocycles. The number of benzene rings is 3. The number of anilines is 2. The number of aliphatic hydroxyl groups is 1. The topological polar surface area (TPSA) is 86.7 Å². The van der Waals surface area contributed by atoms with Crippen LogP contribution in [0.2, 0.25) is 0 Å². The Kier molecular flexibility index (Phi) is 6.56. The zero-order valence-corrected chi connectivity index (χ0v) is 20.3. The van der Waals surface area contributed by atoms with E-state index in [0.29, 0.717) is 16.9 Å². The van der Waals surface area contributed by atoms with Gasteiger partial charge in [0.15, 0.2) is 0 Å². The van der Waals surface area contributed by atoms with Crippen LogP contribution in [0.5, 0.6) is 0 Å². The summed E-state index contributed by atoms with van der Waals surface area (Å²) < 4.78 is 0. The number of rotatable bonds is 5. The lowest BCUT2D eigenvalue weighted by Gasteiger charge is -2.26. The summed E-state index contributed by atoms with van der Waals surface area (Å²) in [4.78, 5) is 39.4. The molecule has 3 aromatic rings. The Morgan fingerprint density at radius 2 is 1.60 bits per heavy atom. The number of ketones is 1. The molecule has 0 saturated carbocycles. The standard InChI is InChI=1S/C29H28N2O4/c1-5-20-7-10-21(11-8-20)26-25(27(33)22-9-6-17(2)18(3)16-22)28(34)29(35)31(26)24-14-12-23(13-15-24)30-19(4)32/h6-16,26,33H,5H2,1-4H3,(H,30,32)/b27-25-. The molecule has 0 radical (unpaired) electrons. The Morgan fingerprint density at radius 3 is 2.17 bits per heavy atom. The van der Waals surface area contributed by atoms with Crippen LogP contribution in [0.15, 0.2) is 72.3 Å². The second-order valence-electron chi connectivity index (χ2n) is 8.79. The second-order valence-corrected chi connectivity index (χ2v) is 8.79. The first-order valence-electron chi connectivity index (χ1n) is 11.6. The number of nitrogens with zero attached hydrogens (tertiary/aromatic N) is 1. The third-order valence-corrected chi connectivity index (χ3v) is 6.39. The van der Waals surface area contributed by atoms with Gasteiger partial charge in [-0.1, -0.05) is 43.3 Å². The van der Waals surface area contributed by atoms with Crippen molar-refractivity contribution >= 4 is 34.7 Å². The van der Waals surface area contributed by atoms with Crippen LogP contribution in [0.3, 0.4) is 0 Å². The van der Waals surface area contributed by atoms with Gasteiger partial charge >= 0.3 is 0 Å². The van der Waals surface area contributed by atoms with Crippen molar-refractivity contribution in [3.63, 3.8) is 0 Å². The zero-order chi connectivity index (χ0) is 25.3. The number of aryl methyl sites for hydroxylation is 3. The van der Waals surface area contributed by atoms with E-state index in [9.17, 15) is 19.5 Å². The van der Waals surface area contributed by atoms with E-state index < -0.39 is 17.7 Å². The molecule has 1 aliphatic rings. The summed E-state index contributed by atoms with van der Waals surface area (Å²) in [5.74, 6) is -1.86. The molecule has 0 spiro atoms. The molecule has 0 aromatic heterocycles. The first kappa shape index (κ1) is 24.0. The fourth-order valence-electron chi connectivity index (χ4n) is 4.30. The number of Topliss-reactive ketones (excluding diaryl/α,β-unsaturated/α-hetero) is 1. The highest BCUT2D eigenvalue weighted by molar-refractivity contribution is 6.51. The van der Waals surface area contributed by atoms with Gasteiger partial charge in [0.1, 0.15) is 5.76 Å². The lowest BCUT2D eigenvalue weighted by Crippen LogP contribution is -2.29. The zero-order valence-electron chi connectivity index (χ0n) is 20.3. The van der Waals surface area contributed by atoms with Gasteiger partial charge in [-0.3, -0.25) is 19.3 Å². The van der Waals surface area contributed by atoms with Gasteiger partial charge < -0.3 is 10.4 Å². The highest BCUT2D eigenvalue weighted by atomic mass is 16.3. The molecule has 4 rings (SSSR count). The lowest BCUT2D eigenvalue weighted by atomic mass is 9.93. The van der Waals surface area contributed by atoms with Crippen LogP contribution in [0.4, 0.5) is 11.4 Å². The van der Waals surface area contributed by atoms with Crippen molar-refractivity contribution in [2.24, 2.45) is 0 Å². The highest BCUT2D eigenvalue weighted by Gasteiger charge is 2.47. The Balaban J connectivity index is 1.88. The molecule has 1 saturated heterocycles. The molecule has 2 amide bonds. The first-order chi connectivity index (χ1) is 16.7. The van der Waals surface area contributed by atoms with Crippen LogP contribution in [0.1, 0.15) is 47.7 Å². The maximum Gasteiger partial charge on any atom is 0.300 e. The summed E-state index contributed by atoms with van der Waals surface area (Å²) in [5.41, 5.74) is 5.49. The van der Waals surface area contributed by atoms with Crippen LogP contribution >= 0.6 is 0 Å². The molecule has 2 N–H and O–H groups in total. The maximum absolute atomic E-state index is 13.3. The Hall–Kier alpha value is -4.19. The summed E-state index contributed by atoms with van der Waals surface area (Å²) >= 11 is 0. The average molecular weight is 469 g/mol. The van der Waals surface area contributed by atoms with Crippen LogP contribution < -0.4 is 10.2 Å². The van der Waals surface area contributed by atoms with Gasteiger partial charge in [0, 0.05) is 23.9 Å². The molecule has 3 aromatic carbocycles. The fourth-order valence-corrected chi connectivity index (χ4v) is 4.30. The second kappa shape index (κ2) is 9.58. The SMILES string of the molecule is CCc1ccc(C2/C(=C(/O)c3ccc(C)c(C)c3)C(=O)C(=O)N2c2ccc(NC(C)=O)cc2)cc1. The minimum atomic E-state index is -0.797. The minimum Gasteiger partial charge on any atom is -0.507 e. The number of amides is 2. The Labute approximate surface area is 204 Å². The number of hydrogen-bond acceptors (Lipinski definition) is 4. The molecule has 1 heterocycles. The summed E-state index contributed by atoms with van der Waals surface area (Å²) in [6.45, 7) is 7.37. The van der Waals surface area contributed by atoms with Crippen molar-refractivity contribution < 1.29 is 19.5 Å². The first-order valence-corrected chi connectivity index (χ1v) is 11.6. The molecule has 1 aliphatic heterocycles. The largest absolute Gasteiger partial charge is 0.507 e. The van der Waals surface area contributed by atoms with Gasteiger partial charge in [-0.05, 0) is 72.9 Å². The molecule has 0 bridgehead atoms. The molecule has 178 valence electrons. The van der Waals surface area contributed by atoms with E-state index in [1.54, 1.807) is 30.3 Å². The lowest BCUT2D eigenvalue weighted by molar-refractivity contribution is -0.132. The number of aliphatic hydroxyl groups excluding tert-OH is 1. The van der Waals surface area contributed by atoms with Crippen LogP contribution in [0, 0.1) is 13.8 Å². The Bertz CT molecular complexity index is 1340. The summed E-state index contributed by atoms with van der Waals surface area (Å²) in [7, 11) is 0. The van der Waals surface area contributed by atoms with Crippen molar-refractivity contribution in [2.45, 2.75) is 40.2 Å². The maximum atomic E-state index is 13.3. The molecule has 6 heteroatoms. The molecule has 1 fully saturated rings. The Morgan fingerprint density at radius 1 is 0.943 bits per heavy atom. The normalized spacial score (nSPS) is 17.0. The number of hydrogen-bond donors (Lipinski definition) is 2. The van der Waals surface area contributed by atoms with E-state index in [0.717, 1.165) is 28.7 Å². The summed E-state index contributed by atoms with van der Waals surface area (Å²) in [6.07, 6.45) is 0.855. The third-order valence-electron chi connectivity index (χ3n) is 6.39. The van der Waals surface area contributed by atoms with E-state index in [1.807, 2.05) is 50.2 Å². The minimum absolute atomic E-state index is 0.0495. The molecule has 35 heavy (non-hydrogen) atoms. The van der Waals surface area contributed by atoms with Crippen molar-refractivity contribution in [1.82, 2.24) is 0 Å². The highest BCUT2D eigenvalue weighted by Crippen LogP contribution is 2.42. The predicted molar refractivity (Wildman–Crippen MR) is 137 cm³/mol. The van der Waals surface area contributed by atoms with Gasteiger partial charge in [-0.15, -0.1) is 0 Å². The van der Waals surface area contributed by atoms with Crippen LogP contribution in [0.25, 0.3) is 5.76 Å². The van der Waals surface area contributed by atoms with E-state index in [4.69, 9.17) is 0 Å². The average Bonchev–Trinajstić information content (AvgIpc) is 3.11. The smallest absolute Gasteiger partial charge is 0.300 e. The number of carbonyl (C=O) groups excluding carboxylic acids is 3. The van der Waals surface area contributed by atoms with Crippen molar-refractivity contribution in [3.05, 3.63) is 100 Å². The summed E-state index contributed by atoms with van der Waals surface area (Å²) in [6, 6.07) is 19.1. The van der Waals surface area contributed by atoms with E-state index in [1.165, 1.54) is 11.8 Å². The van der Waals surface area contributed by atoms with Gasteiger partial charge in [0.05, 0.1) is 11.6 Å². The molecule has 6 nitrogen and oxygen atoms in total. The quantitative estimate of drug-likeness (QED) is 0.296. The predicted octanol–water partition coefficient (Wildman–Crippen LogP) is 5.45. The van der Waals surface area contributed by atoms with Crippen molar-refractivity contribution in [1.29, 1.82) is 0 Å². The van der Waals surface area contributed by atoms with Gasteiger partial charge in [0.2, 0.25) is 5.91 Å². The number of carbonyl (C=O) groups is 3.